The van der Waals surface area contributed by atoms with Crippen molar-refractivity contribution in [2.75, 3.05) is 27.2 Å². The molecule has 10 rings (SSSR count). The first-order valence-electron chi connectivity index (χ1n) is 28.8. The highest BCUT2D eigenvalue weighted by Crippen LogP contribution is 2.48. The topological polar surface area (TPSA) is 437 Å². The zero-order valence-electron chi connectivity index (χ0n) is 53.1. The van der Waals surface area contributed by atoms with Crippen LogP contribution in [0.2, 0.25) is 0 Å². The van der Waals surface area contributed by atoms with Crippen LogP contribution in [-0.2, 0) is 40.3 Å². The lowest BCUT2D eigenvalue weighted by Gasteiger charge is -2.14. The second-order valence-corrected chi connectivity index (χ2v) is 28.5. The number of nitrogens with zero attached hydrogens (tertiary/aromatic N) is 10. The largest absolute Gasteiger partial charge is 0.506 e. The van der Waals surface area contributed by atoms with E-state index >= 15 is 0 Å². The summed E-state index contributed by atoms with van der Waals surface area (Å²) in [4.78, 5) is 7.27. The summed E-state index contributed by atoms with van der Waals surface area (Å²) in [5.74, 6) is -1.13. The Hall–Kier alpha value is -11.2. The van der Waals surface area contributed by atoms with E-state index in [2.05, 4.69) is 66.4 Å². The van der Waals surface area contributed by atoms with Gasteiger partial charge in [0.05, 0.1) is 72.3 Å². The molecule has 0 radical (unpaired) electrons. The molecule has 31 heteroatoms. The number of aliphatic imine (C=N–C) groups is 2. The highest BCUT2D eigenvalue weighted by molar-refractivity contribution is 7.93. The van der Waals surface area contributed by atoms with Crippen molar-refractivity contribution in [2.45, 2.75) is 70.1 Å². The van der Waals surface area contributed by atoms with Gasteiger partial charge in [-0.15, -0.1) is 20.5 Å². The fraction of sp³-hybridized carbons (Fsp3) is 0.136. The number of hydrogen-bond acceptors (Lipinski definition) is 23. The molecule has 11 N–H and O–H groups in total. The average molecular weight is 1390 g/mol. The van der Waals surface area contributed by atoms with Gasteiger partial charge in [-0.25, -0.2) is 16.8 Å². The maximum absolute atomic E-state index is 13.5. The molecule has 0 fully saturated rings. The van der Waals surface area contributed by atoms with Crippen LogP contribution < -0.4 is 20.9 Å². The van der Waals surface area contributed by atoms with E-state index in [-0.39, 0.29) is 77.6 Å². The zero-order valence-corrected chi connectivity index (χ0v) is 56.4. The third kappa shape index (κ3) is 16.5. The Morgan fingerprint density at radius 1 is 0.402 bits per heavy atom. The van der Waals surface area contributed by atoms with Crippen molar-refractivity contribution < 1.29 is 58.1 Å². The Labute approximate surface area is 557 Å². The predicted molar refractivity (Wildman–Crippen MR) is 373 cm³/mol. The molecular formula is C66H62N14O13S4. The summed E-state index contributed by atoms with van der Waals surface area (Å²) in [5, 5.41) is 68.3. The van der Waals surface area contributed by atoms with Gasteiger partial charge >= 0.3 is 0 Å². The molecule has 0 aliphatic carbocycles. The van der Waals surface area contributed by atoms with Crippen molar-refractivity contribution in [2.24, 2.45) is 50.9 Å². The second-order valence-electron chi connectivity index (χ2n) is 22.3. The van der Waals surface area contributed by atoms with Crippen molar-refractivity contribution in [3.05, 3.63) is 190 Å². The van der Waals surface area contributed by atoms with Gasteiger partial charge in [-0.05, 0) is 233 Å². The van der Waals surface area contributed by atoms with Gasteiger partial charge in [0.1, 0.15) is 45.1 Å². The van der Waals surface area contributed by atoms with Gasteiger partial charge in [0.25, 0.3) is 40.3 Å². The van der Waals surface area contributed by atoms with Crippen LogP contribution in [0.1, 0.15) is 44.5 Å². The molecular weight excluding hydrogens is 1330 g/mol. The Morgan fingerprint density at radius 3 is 1.47 bits per heavy atom. The van der Waals surface area contributed by atoms with Gasteiger partial charge in [-0.2, -0.15) is 47.3 Å². The normalized spacial score (nSPS) is 12.2. The summed E-state index contributed by atoms with van der Waals surface area (Å²) in [6, 6.07) is 37.9. The lowest BCUT2D eigenvalue weighted by molar-refractivity contribution is 0.476. The molecule has 0 unspecified atom stereocenters. The number of benzene rings is 10. The first kappa shape index (κ1) is 70.1. The summed E-state index contributed by atoms with van der Waals surface area (Å²) >= 11 is 0. The number of anilines is 4. The molecule has 0 atom stereocenters. The molecule has 0 saturated carbocycles. The van der Waals surface area contributed by atoms with Crippen LogP contribution in [0.5, 0.6) is 17.2 Å². The molecule has 27 nitrogen and oxygen atoms in total. The number of nitrogen functional groups attached to an aromatic ring is 2. The third-order valence-corrected chi connectivity index (χ3v) is 18.9. The van der Waals surface area contributed by atoms with Crippen molar-refractivity contribution in [3.63, 3.8) is 0 Å². The average Bonchev–Trinajstić information content (AvgIpc) is 0.754. The molecule has 0 aliphatic heterocycles. The van der Waals surface area contributed by atoms with Gasteiger partial charge in [0.15, 0.2) is 11.5 Å². The minimum absolute atomic E-state index is 0.00429. The fourth-order valence-corrected chi connectivity index (χ4v) is 12.5. The number of hydrogen-bond donors (Lipinski definition) is 9. The first-order chi connectivity index (χ1) is 45.6. The maximum atomic E-state index is 13.5. The van der Waals surface area contributed by atoms with Crippen molar-refractivity contribution >= 4 is 147 Å². The van der Waals surface area contributed by atoms with Gasteiger partial charge in [-0.3, -0.25) is 18.5 Å². The fourth-order valence-electron chi connectivity index (χ4n) is 9.71. The summed E-state index contributed by atoms with van der Waals surface area (Å²) in [7, 11) is -17.0. The minimum atomic E-state index is -4.92. The standard InChI is InChI=1S/C65H58N14O10S3.CH4O3S/c1-34-9-24-51(41(8)40(34)7)72-76-62-38(5)28-42-10-25-52(64(81)58(42)60(62)66)73-70-44-15-20-48(21-16-44)90(83,84)78-46-13-11-43(12-14-46)68-33-69-54-31-47(19-26-56(54)80)79-91(85,86)49-22-17-45(18-23-49)71-75-55-32-57(92(87,88)89)50-29-39(6)63(61(67)59(50)65(55)82)77-74-53-30-36(3)35(2)27-37(53)4;1-5(2,3)4/h9-32,78-82H,66-67H2,1-8H3,(H,87,88,89);1H3,(H,2,3,4). The Kier molecular flexibility index (Phi) is 20.3. The van der Waals surface area contributed by atoms with Gasteiger partial charge in [-0.1, -0.05) is 18.2 Å². The maximum Gasteiger partial charge on any atom is 0.295 e. The number of phenols is 3. The van der Waals surface area contributed by atoms with Crippen molar-refractivity contribution in [1.29, 1.82) is 0 Å². The number of azo groups is 4. The lowest BCUT2D eigenvalue weighted by Crippen LogP contribution is -2.12. The summed E-state index contributed by atoms with van der Waals surface area (Å²) in [6.07, 6.45) is 0.715. The Morgan fingerprint density at radius 2 is 0.887 bits per heavy atom. The van der Waals surface area contributed by atoms with Crippen LogP contribution >= 0.6 is 0 Å². The Bertz CT molecular complexity index is 5510. The van der Waals surface area contributed by atoms with E-state index in [0.29, 0.717) is 51.0 Å². The van der Waals surface area contributed by atoms with Crippen LogP contribution in [0.15, 0.2) is 211 Å². The molecule has 10 aromatic rings. The number of nitrogens with one attached hydrogen (secondary N) is 2. The number of nitrogens with two attached hydrogens (primary N) is 2. The molecule has 0 heterocycles. The number of rotatable bonds is 17. The number of aromatic hydroxyl groups is 3. The Balaban J connectivity index is 0.00000213. The molecule has 97 heavy (non-hydrogen) atoms. The van der Waals surface area contributed by atoms with Gasteiger partial charge < -0.3 is 26.8 Å². The lowest BCUT2D eigenvalue weighted by atomic mass is 10.0. The van der Waals surface area contributed by atoms with Crippen molar-refractivity contribution in [1.82, 2.24) is 0 Å². The smallest absolute Gasteiger partial charge is 0.295 e. The third-order valence-electron chi connectivity index (χ3n) is 15.2. The van der Waals surface area contributed by atoms with E-state index in [4.69, 9.17) is 16.0 Å². The summed E-state index contributed by atoms with van der Waals surface area (Å²) in [6.45, 7) is 15.3. The molecule has 0 aliphatic rings. The van der Waals surface area contributed by atoms with Crippen LogP contribution in [0.25, 0.3) is 21.5 Å². The van der Waals surface area contributed by atoms with Crippen LogP contribution in [0.4, 0.5) is 79.6 Å². The molecule has 0 amide bonds. The van der Waals surface area contributed by atoms with Gasteiger partial charge in [0.2, 0.25) is 0 Å². The number of sulfonamides is 2. The SMILES string of the molecule is CS(=O)(=O)O.Cc1cc(C)c(N=Nc2c(C)cc3c(S(=O)(=O)O)cc(N=Nc4ccc(S(=O)(=O)Nc5ccc(O)c(N=C=Nc6ccc(NS(=O)(=O)c7ccc(N=Nc8ccc9cc(C)c(N=Nc%10ccc(C)c(C)c%10C)c(N)c9c8O)cc7)cc6)c5)cc4)c(O)c3c2N)cc1C. The minimum Gasteiger partial charge on any atom is -0.506 e. The first-order valence-corrected chi connectivity index (χ1v) is 35.0. The van der Waals surface area contributed by atoms with Crippen LogP contribution in [-0.4, -0.2) is 70.4 Å². The van der Waals surface area contributed by atoms with Crippen molar-refractivity contribution in [3.8, 4) is 17.2 Å². The van der Waals surface area contributed by atoms with Crippen LogP contribution in [0.3, 0.4) is 0 Å². The van der Waals surface area contributed by atoms with E-state index in [9.17, 15) is 53.5 Å². The second kappa shape index (κ2) is 28.0. The molecule has 498 valence electrons. The molecule has 0 spiro atoms. The predicted octanol–water partition coefficient (Wildman–Crippen LogP) is 16.9. The number of fused-ring (bicyclic) bond motifs is 2. The number of phenolic OH excluding ortho intramolecular Hbond substituents is 3. The number of aryl methyl sites for hydroxylation is 6. The summed E-state index contributed by atoms with van der Waals surface area (Å²) in [5.41, 5.74) is 22.8. The molecule has 0 bridgehead atoms. The molecule has 0 aromatic heterocycles. The van der Waals surface area contributed by atoms with E-state index in [1.165, 1.54) is 97.1 Å². The van der Waals surface area contributed by atoms with Crippen LogP contribution in [0, 0.1) is 55.4 Å². The highest BCUT2D eigenvalue weighted by Gasteiger charge is 2.25. The zero-order chi connectivity index (χ0) is 70.6. The highest BCUT2D eigenvalue weighted by atomic mass is 32.2. The van der Waals surface area contributed by atoms with E-state index in [1.54, 1.807) is 19.1 Å². The monoisotopic (exact) mass is 1390 g/mol. The summed E-state index contributed by atoms with van der Waals surface area (Å²) < 4.78 is 120. The van der Waals surface area contributed by atoms with E-state index in [0.717, 1.165) is 45.0 Å². The van der Waals surface area contributed by atoms with Gasteiger partial charge in [0, 0.05) is 11.1 Å². The quantitative estimate of drug-likeness (QED) is 0.0134. The van der Waals surface area contributed by atoms with E-state index in [1.807, 2.05) is 78.8 Å². The molecule has 0 saturated heterocycles. The van der Waals surface area contributed by atoms with E-state index < -0.39 is 56.6 Å². The molecule has 10 aromatic carbocycles.